The van der Waals surface area contributed by atoms with Crippen molar-refractivity contribution in [1.82, 2.24) is 9.96 Å². The van der Waals surface area contributed by atoms with Crippen LogP contribution in [0.5, 0.6) is 0 Å². The topological polar surface area (TPSA) is 202 Å². The highest BCUT2D eigenvalue weighted by atomic mass is 16.7. The summed E-state index contributed by atoms with van der Waals surface area (Å²) in [5.41, 5.74) is 0. The Kier molecular flexibility index (Phi) is 18.5. The lowest BCUT2D eigenvalue weighted by Gasteiger charge is -2.36. The normalized spacial score (nSPS) is 25.3. The zero-order valence-corrected chi connectivity index (χ0v) is 25.6. The van der Waals surface area contributed by atoms with Crippen molar-refractivity contribution in [2.45, 2.75) is 114 Å². The van der Waals surface area contributed by atoms with E-state index in [1.807, 2.05) is 0 Å². The molecule has 2 heterocycles. The maximum Gasteiger partial charge on any atom is 0.332 e. The lowest BCUT2D eigenvalue weighted by Crippen LogP contribution is -2.50. The first-order valence-electron chi connectivity index (χ1n) is 15.5. The quantitative estimate of drug-likeness (QED) is 0.0780. The zero-order valence-electron chi connectivity index (χ0n) is 25.6. The molecular formula is C29H50N2O13. The van der Waals surface area contributed by atoms with E-state index in [1.54, 1.807) is 4.90 Å². The molecule has 2 rings (SSSR count). The number of aliphatic hydroxyl groups is 4. The molecule has 0 aromatic heterocycles. The van der Waals surface area contributed by atoms with Crippen molar-refractivity contribution in [2.75, 3.05) is 46.6 Å². The highest BCUT2D eigenvalue weighted by Gasteiger charge is 2.37. The smallest absolute Gasteiger partial charge is 0.332 e. The molecule has 254 valence electrons. The summed E-state index contributed by atoms with van der Waals surface area (Å²) < 4.78 is 22.2. The van der Waals surface area contributed by atoms with Crippen molar-refractivity contribution in [1.29, 1.82) is 0 Å². The molecule has 4 N–H and O–H groups in total. The van der Waals surface area contributed by atoms with Gasteiger partial charge in [0.1, 0.15) is 18.5 Å². The van der Waals surface area contributed by atoms with Gasteiger partial charge in [-0.1, -0.05) is 12.8 Å². The van der Waals surface area contributed by atoms with Gasteiger partial charge in [-0.05, 0) is 32.1 Å². The second-order valence-electron chi connectivity index (χ2n) is 11.0. The fourth-order valence-corrected chi connectivity index (χ4v) is 4.81. The van der Waals surface area contributed by atoms with Crippen molar-refractivity contribution in [2.24, 2.45) is 0 Å². The molecule has 0 bridgehead atoms. The minimum atomic E-state index is -1.25. The zero-order chi connectivity index (χ0) is 32.3. The minimum absolute atomic E-state index is 0.0268. The Balaban J connectivity index is 1.73. The number of ether oxygens (including phenoxy) is 4. The molecule has 2 amide bonds. The molecule has 2 aliphatic rings. The summed E-state index contributed by atoms with van der Waals surface area (Å²) in [5.74, 6) is -1.10. The van der Waals surface area contributed by atoms with Crippen LogP contribution in [0.3, 0.4) is 0 Å². The fraction of sp³-hybridized carbons (Fsp3) is 0.862. The molecule has 15 heteroatoms. The Morgan fingerprint density at radius 2 is 1.61 bits per heavy atom. The van der Waals surface area contributed by atoms with Gasteiger partial charge >= 0.3 is 5.97 Å². The SMILES string of the molecule is CN(OC(=O)CCCCCCC(=O)N(CCCOC1OC(CO)CC(O)C1O)CCOC1OCCCC1O)C(=O)CCC=O. The van der Waals surface area contributed by atoms with E-state index in [4.69, 9.17) is 23.8 Å². The summed E-state index contributed by atoms with van der Waals surface area (Å²) in [4.78, 5) is 53.7. The van der Waals surface area contributed by atoms with Crippen LogP contribution in [0.2, 0.25) is 0 Å². The number of carbonyl (C=O) groups is 4. The summed E-state index contributed by atoms with van der Waals surface area (Å²) >= 11 is 0. The van der Waals surface area contributed by atoms with Crippen molar-refractivity contribution in [3.8, 4) is 0 Å². The summed E-state index contributed by atoms with van der Waals surface area (Å²) in [6.07, 6.45) is -0.0911. The third-order valence-electron chi connectivity index (χ3n) is 7.39. The highest BCUT2D eigenvalue weighted by molar-refractivity contribution is 5.79. The van der Waals surface area contributed by atoms with E-state index < -0.39 is 48.9 Å². The summed E-state index contributed by atoms with van der Waals surface area (Å²) in [7, 11) is 1.33. The molecule has 44 heavy (non-hydrogen) atoms. The van der Waals surface area contributed by atoms with Gasteiger partial charge in [-0.25, -0.2) is 4.79 Å². The van der Waals surface area contributed by atoms with Gasteiger partial charge in [-0.3, -0.25) is 9.59 Å². The first-order valence-corrected chi connectivity index (χ1v) is 15.5. The van der Waals surface area contributed by atoms with Crippen molar-refractivity contribution in [3.63, 3.8) is 0 Å². The Morgan fingerprint density at radius 3 is 2.32 bits per heavy atom. The molecule has 6 unspecified atom stereocenters. The minimum Gasteiger partial charge on any atom is -0.394 e. The monoisotopic (exact) mass is 634 g/mol. The Hall–Kier alpha value is -2.24. The van der Waals surface area contributed by atoms with Gasteiger partial charge in [-0.2, -0.15) is 5.06 Å². The summed E-state index contributed by atoms with van der Waals surface area (Å²) in [6, 6.07) is 0. The van der Waals surface area contributed by atoms with Gasteiger partial charge in [0.25, 0.3) is 5.91 Å². The number of hydroxylamine groups is 2. The Morgan fingerprint density at radius 1 is 0.886 bits per heavy atom. The molecule has 0 saturated carbocycles. The van der Waals surface area contributed by atoms with E-state index >= 15 is 0 Å². The lowest BCUT2D eigenvalue weighted by atomic mass is 10.0. The van der Waals surface area contributed by atoms with Crippen LogP contribution in [0.1, 0.15) is 77.0 Å². The van der Waals surface area contributed by atoms with Gasteiger partial charge in [0.2, 0.25) is 5.91 Å². The molecule has 0 spiro atoms. The van der Waals surface area contributed by atoms with Crippen LogP contribution in [0.4, 0.5) is 0 Å². The van der Waals surface area contributed by atoms with Crippen LogP contribution >= 0.6 is 0 Å². The van der Waals surface area contributed by atoms with Gasteiger partial charge in [-0.15, -0.1) is 0 Å². The summed E-state index contributed by atoms with van der Waals surface area (Å²) in [6.45, 7) is 1.08. The number of rotatable bonds is 20. The molecule has 2 aliphatic heterocycles. The number of amides is 2. The average molecular weight is 635 g/mol. The third kappa shape index (κ3) is 14.2. The molecule has 0 aromatic rings. The van der Waals surface area contributed by atoms with E-state index in [2.05, 4.69) is 0 Å². The van der Waals surface area contributed by atoms with Gasteiger partial charge in [0.05, 0.1) is 32.0 Å². The number of aldehydes is 1. The van der Waals surface area contributed by atoms with Gasteiger partial charge in [0, 0.05) is 58.8 Å². The number of hydrogen-bond donors (Lipinski definition) is 4. The Labute approximate surface area is 258 Å². The third-order valence-corrected chi connectivity index (χ3v) is 7.39. The van der Waals surface area contributed by atoms with Crippen LogP contribution in [-0.4, -0.2) is 138 Å². The predicted octanol–water partition coefficient (Wildman–Crippen LogP) is -0.199. The molecule has 2 fully saturated rings. The van der Waals surface area contributed by atoms with E-state index in [-0.39, 0.29) is 64.4 Å². The maximum atomic E-state index is 13.1. The molecule has 0 radical (unpaired) electrons. The van der Waals surface area contributed by atoms with E-state index in [9.17, 15) is 39.6 Å². The second kappa shape index (κ2) is 21.5. The highest BCUT2D eigenvalue weighted by Crippen LogP contribution is 2.21. The van der Waals surface area contributed by atoms with Crippen molar-refractivity contribution in [3.05, 3.63) is 0 Å². The molecule has 6 atom stereocenters. The van der Waals surface area contributed by atoms with Crippen molar-refractivity contribution >= 4 is 24.1 Å². The molecule has 15 nitrogen and oxygen atoms in total. The molecule has 0 aromatic carbocycles. The predicted molar refractivity (Wildman–Crippen MR) is 152 cm³/mol. The number of nitrogens with zero attached hydrogens (tertiary/aromatic N) is 2. The average Bonchev–Trinajstić information content (AvgIpc) is 3.01. The van der Waals surface area contributed by atoms with Crippen LogP contribution < -0.4 is 0 Å². The molecule has 0 aliphatic carbocycles. The molecule has 2 saturated heterocycles. The Bertz CT molecular complexity index is 863. The van der Waals surface area contributed by atoms with Crippen molar-refractivity contribution < 1.29 is 63.4 Å². The maximum absolute atomic E-state index is 13.1. The number of aliphatic hydroxyl groups excluding tert-OH is 4. The van der Waals surface area contributed by atoms with E-state index in [0.29, 0.717) is 58.0 Å². The fourth-order valence-electron chi connectivity index (χ4n) is 4.81. The van der Waals surface area contributed by atoms with Gasteiger partial charge < -0.3 is 53.9 Å². The van der Waals surface area contributed by atoms with E-state index in [1.165, 1.54) is 7.05 Å². The number of hydrogen-bond acceptors (Lipinski definition) is 13. The largest absolute Gasteiger partial charge is 0.394 e. The van der Waals surface area contributed by atoms with Crippen LogP contribution in [-0.2, 0) is 43.0 Å². The van der Waals surface area contributed by atoms with Crippen LogP contribution in [0, 0.1) is 0 Å². The first-order chi connectivity index (χ1) is 21.2. The lowest BCUT2D eigenvalue weighted by molar-refractivity contribution is -0.271. The van der Waals surface area contributed by atoms with Crippen LogP contribution in [0.15, 0.2) is 0 Å². The van der Waals surface area contributed by atoms with E-state index in [0.717, 1.165) is 11.5 Å². The molecular weight excluding hydrogens is 584 g/mol. The summed E-state index contributed by atoms with van der Waals surface area (Å²) in [5, 5.41) is 40.4. The standard InChI is InChI=1S/C29H50N2O13/c1-30(24(36)11-6-15-32)44-26(38)12-5-3-2-4-10-25(37)31(14-18-42-28-22(34)9-7-16-40-28)13-8-17-41-29-27(39)23(35)19-21(20-33)43-29/h15,21-23,27-29,33-35,39H,2-14,16-20H2,1H3. The number of unbranched alkanes of at least 4 members (excludes halogenated alkanes) is 3. The van der Waals surface area contributed by atoms with Crippen LogP contribution in [0.25, 0.3) is 0 Å². The second-order valence-corrected chi connectivity index (χ2v) is 11.0. The first kappa shape index (κ1) is 37.9. The number of carbonyl (C=O) groups excluding carboxylic acids is 4. The van der Waals surface area contributed by atoms with Gasteiger partial charge in [0.15, 0.2) is 12.6 Å².